The molecule has 0 atom stereocenters. The zero-order chi connectivity index (χ0) is 11.1. The fourth-order valence-corrected chi connectivity index (χ4v) is 1.22. The van der Waals surface area contributed by atoms with Gasteiger partial charge in [-0.05, 0) is 24.6 Å². The lowest BCUT2D eigenvalue weighted by atomic mass is 10.2. The van der Waals surface area contributed by atoms with Crippen molar-refractivity contribution in [1.29, 1.82) is 0 Å². The molecule has 0 aromatic heterocycles. The molecule has 15 heavy (non-hydrogen) atoms. The molecule has 0 aliphatic carbocycles. The fraction of sp³-hybridized carbons (Fsp3) is 0.333. The smallest absolute Gasteiger partial charge is 0.134 e. The molecular weight excluding hydrogens is 215 g/mol. The Kier molecular flexibility index (Phi) is 5.00. The highest BCUT2D eigenvalue weighted by atomic mass is 35.5. The van der Waals surface area contributed by atoms with Crippen LogP contribution in [0.15, 0.2) is 18.2 Å². The average Bonchev–Trinajstić information content (AvgIpc) is 2.25. The number of benzene rings is 1. The molecule has 0 unspecified atom stereocenters. The topological polar surface area (TPSA) is 9.23 Å². The largest absolute Gasteiger partial charge is 0.495 e. The molecule has 0 spiro atoms. The maximum absolute atomic E-state index is 12.9. The normalized spacial score (nSPS) is 9.27. The summed E-state index contributed by atoms with van der Waals surface area (Å²) < 4.78 is 18.0. The monoisotopic (exact) mass is 226 g/mol. The van der Waals surface area contributed by atoms with Crippen LogP contribution in [0.5, 0.6) is 5.75 Å². The first kappa shape index (κ1) is 11.9. The second kappa shape index (κ2) is 6.31. The van der Waals surface area contributed by atoms with Crippen LogP contribution in [0.4, 0.5) is 4.39 Å². The van der Waals surface area contributed by atoms with Gasteiger partial charge in [0.15, 0.2) is 0 Å². The zero-order valence-corrected chi connectivity index (χ0v) is 9.27. The van der Waals surface area contributed by atoms with E-state index in [4.69, 9.17) is 16.3 Å². The van der Waals surface area contributed by atoms with Gasteiger partial charge in [-0.15, -0.1) is 11.6 Å². The molecule has 1 aromatic rings. The van der Waals surface area contributed by atoms with Gasteiger partial charge in [0.2, 0.25) is 0 Å². The van der Waals surface area contributed by atoms with Gasteiger partial charge >= 0.3 is 0 Å². The van der Waals surface area contributed by atoms with Gasteiger partial charge in [-0.3, -0.25) is 0 Å². The first-order valence-corrected chi connectivity index (χ1v) is 5.19. The molecule has 80 valence electrons. The molecule has 0 N–H and O–H groups in total. The Morgan fingerprint density at radius 2 is 2.27 bits per heavy atom. The molecule has 0 radical (unpaired) electrons. The summed E-state index contributed by atoms with van der Waals surface area (Å²) >= 11 is 5.51. The van der Waals surface area contributed by atoms with E-state index in [9.17, 15) is 4.39 Å². The minimum absolute atomic E-state index is 0.308. The summed E-state index contributed by atoms with van der Waals surface area (Å²) in [6.45, 7) is 0. The van der Waals surface area contributed by atoms with E-state index in [1.807, 2.05) is 0 Å². The molecule has 1 rings (SSSR count). The Morgan fingerprint density at radius 1 is 1.47 bits per heavy atom. The third-order valence-electron chi connectivity index (χ3n) is 1.82. The Morgan fingerprint density at radius 3 is 2.93 bits per heavy atom. The summed E-state index contributed by atoms with van der Waals surface area (Å²) in [6.07, 6.45) is 1.55. The molecule has 0 amide bonds. The highest BCUT2D eigenvalue weighted by molar-refractivity contribution is 6.17. The van der Waals surface area contributed by atoms with Crippen LogP contribution in [0.1, 0.15) is 18.4 Å². The summed E-state index contributed by atoms with van der Waals surface area (Å²) in [6, 6.07) is 4.29. The lowest BCUT2D eigenvalue weighted by molar-refractivity contribution is 0.412. The van der Waals surface area contributed by atoms with Crippen molar-refractivity contribution in [2.45, 2.75) is 12.8 Å². The summed E-state index contributed by atoms with van der Waals surface area (Å²) in [4.78, 5) is 0. The average molecular weight is 227 g/mol. The number of ether oxygens (including phenoxy) is 1. The Bertz CT molecular complexity index is 379. The number of hydrogen-bond acceptors (Lipinski definition) is 1. The van der Waals surface area contributed by atoms with E-state index in [0.29, 0.717) is 23.6 Å². The van der Waals surface area contributed by atoms with E-state index in [-0.39, 0.29) is 5.82 Å². The first-order chi connectivity index (χ1) is 7.27. The molecule has 1 aromatic carbocycles. The van der Waals surface area contributed by atoms with Crippen LogP contribution in [0.25, 0.3) is 0 Å². The maximum atomic E-state index is 12.9. The Balaban J connectivity index is 2.80. The standard InChI is InChI=1S/C12H12ClFO/c1-15-12-7-6-11(14)9-10(12)5-3-2-4-8-13/h6-7,9H,2,4,8H2,1H3. The molecule has 0 aliphatic heterocycles. The van der Waals surface area contributed by atoms with Crippen LogP contribution in [0.3, 0.4) is 0 Å². The Hall–Kier alpha value is -1.20. The third-order valence-corrected chi connectivity index (χ3v) is 2.09. The quantitative estimate of drug-likeness (QED) is 0.437. The SMILES string of the molecule is COc1ccc(F)cc1C#CCCCCl. The molecule has 3 heteroatoms. The van der Waals surface area contributed by atoms with Crippen LogP contribution in [0.2, 0.25) is 0 Å². The van der Waals surface area contributed by atoms with Gasteiger partial charge in [-0.1, -0.05) is 11.8 Å². The van der Waals surface area contributed by atoms with E-state index >= 15 is 0 Å². The third kappa shape index (κ3) is 3.81. The minimum Gasteiger partial charge on any atom is -0.495 e. The van der Waals surface area contributed by atoms with Crippen LogP contribution in [-0.4, -0.2) is 13.0 Å². The number of hydrogen-bond donors (Lipinski definition) is 0. The van der Waals surface area contributed by atoms with Gasteiger partial charge in [0.1, 0.15) is 11.6 Å². The van der Waals surface area contributed by atoms with Crippen molar-refractivity contribution < 1.29 is 9.13 Å². The highest BCUT2D eigenvalue weighted by Crippen LogP contribution is 2.17. The van der Waals surface area contributed by atoms with Crippen molar-refractivity contribution in [2.75, 3.05) is 13.0 Å². The van der Waals surface area contributed by atoms with E-state index in [2.05, 4.69) is 11.8 Å². The summed E-state index contributed by atoms with van der Waals surface area (Å²) in [5, 5.41) is 0. The van der Waals surface area contributed by atoms with E-state index in [1.54, 1.807) is 6.07 Å². The molecule has 0 bridgehead atoms. The molecule has 0 fully saturated rings. The van der Waals surface area contributed by atoms with E-state index in [0.717, 1.165) is 6.42 Å². The van der Waals surface area contributed by atoms with Gasteiger partial charge in [-0.2, -0.15) is 0 Å². The molecule has 0 aliphatic rings. The van der Waals surface area contributed by atoms with Crippen molar-refractivity contribution in [3.05, 3.63) is 29.6 Å². The van der Waals surface area contributed by atoms with E-state index < -0.39 is 0 Å². The predicted octanol–water partition coefficient (Wildman–Crippen LogP) is 3.20. The second-order valence-corrected chi connectivity index (χ2v) is 3.32. The Labute approximate surface area is 94.2 Å². The van der Waals surface area contributed by atoms with Crippen molar-refractivity contribution >= 4 is 11.6 Å². The summed E-state index contributed by atoms with van der Waals surface area (Å²) in [5.41, 5.74) is 0.576. The fourth-order valence-electron chi connectivity index (χ4n) is 1.09. The summed E-state index contributed by atoms with van der Waals surface area (Å²) in [7, 11) is 1.54. The first-order valence-electron chi connectivity index (χ1n) is 4.66. The van der Waals surface area contributed by atoms with Crippen LogP contribution >= 0.6 is 11.6 Å². The highest BCUT2D eigenvalue weighted by Gasteiger charge is 2.00. The van der Waals surface area contributed by atoms with Crippen molar-refractivity contribution in [3.63, 3.8) is 0 Å². The molecule has 0 saturated heterocycles. The van der Waals surface area contributed by atoms with Gasteiger partial charge in [0.25, 0.3) is 0 Å². The number of alkyl halides is 1. The molecular formula is C12H12ClFO. The van der Waals surface area contributed by atoms with Crippen LogP contribution < -0.4 is 4.74 Å². The van der Waals surface area contributed by atoms with Crippen molar-refractivity contribution in [3.8, 4) is 17.6 Å². The molecule has 1 nitrogen and oxygen atoms in total. The lowest BCUT2D eigenvalue weighted by Crippen LogP contribution is -1.88. The van der Waals surface area contributed by atoms with Crippen molar-refractivity contribution in [2.24, 2.45) is 0 Å². The van der Waals surface area contributed by atoms with Crippen LogP contribution in [-0.2, 0) is 0 Å². The van der Waals surface area contributed by atoms with Gasteiger partial charge in [0.05, 0.1) is 12.7 Å². The molecule has 0 saturated carbocycles. The number of unbranched alkanes of at least 4 members (excludes halogenated alkanes) is 1. The number of halogens is 2. The lowest BCUT2D eigenvalue weighted by Gasteiger charge is -2.01. The zero-order valence-electron chi connectivity index (χ0n) is 8.52. The van der Waals surface area contributed by atoms with Crippen LogP contribution in [0, 0.1) is 17.7 Å². The second-order valence-electron chi connectivity index (χ2n) is 2.94. The van der Waals surface area contributed by atoms with Gasteiger partial charge in [-0.25, -0.2) is 4.39 Å². The maximum Gasteiger partial charge on any atom is 0.134 e. The summed E-state index contributed by atoms with van der Waals surface area (Å²) in [5.74, 6) is 6.67. The predicted molar refractivity (Wildman–Crippen MR) is 59.8 cm³/mol. The van der Waals surface area contributed by atoms with Gasteiger partial charge < -0.3 is 4.74 Å². The van der Waals surface area contributed by atoms with Gasteiger partial charge in [0, 0.05) is 12.3 Å². The number of methoxy groups -OCH3 is 1. The van der Waals surface area contributed by atoms with E-state index in [1.165, 1.54) is 19.2 Å². The molecule has 0 heterocycles. The number of rotatable bonds is 3. The van der Waals surface area contributed by atoms with Crippen molar-refractivity contribution in [1.82, 2.24) is 0 Å². The minimum atomic E-state index is -0.308.